The van der Waals surface area contributed by atoms with E-state index in [-0.39, 0.29) is 5.41 Å². The summed E-state index contributed by atoms with van der Waals surface area (Å²) in [6.07, 6.45) is 0. The van der Waals surface area contributed by atoms with Crippen LogP contribution in [0.4, 0.5) is 0 Å². The number of fused-ring (bicyclic) bond motifs is 28. The molecule has 0 atom stereocenters. The highest BCUT2D eigenvalue weighted by Crippen LogP contribution is 2.55. The first kappa shape index (κ1) is 61.4. The van der Waals surface area contributed by atoms with Crippen LogP contribution < -0.4 is 0 Å². The summed E-state index contributed by atoms with van der Waals surface area (Å²) in [4.78, 5) is 0. The van der Waals surface area contributed by atoms with Crippen LogP contribution in [0.2, 0.25) is 0 Å². The van der Waals surface area contributed by atoms with Gasteiger partial charge >= 0.3 is 0 Å². The van der Waals surface area contributed by atoms with Gasteiger partial charge in [-0.05, 0) is 219 Å². The number of nitrogens with zero attached hydrogens (tertiary/aromatic N) is 5. The molecule has 0 aliphatic heterocycles. The lowest BCUT2D eigenvalue weighted by Gasteiger charge is -2.21. The Balaban J connectivity index is 0.628. The number of hydrogen-bond donors (Lipinski definition) is 0. The molecule has 7 heteroatoms. The second-order valence-electron chi connectivity index (χ2n) is 31.0. The van der Waals surface area contributed by atoms with Crippen LogP contribution in [-0.2, 0) is 5.41 Å². The van der Waals surface area contributed by atoms with Crippen molar-refractivity contribution < 1.29 is 8.83 Å². The zero-order chi connectivity index (χ0) is 73.3. The van der Waals surface area contributed by atoms with Crippen LogP contribution in [-0.4, -0.2) is 22.8 Å². The van der Waals surface area contributed by atoms with Gasteiger partial charge in [0.25, 0.3) is 0 Å². The Morgan fingerprint density at radius 2 is 0.571 bits per heavy atom. The summed E-state index contributed by atoms with van der Waals surface area (Å²) in [5, 5.41) is 16.3. The van der Waals surface area contributed by atoms with Gasteiger partial charge in [-0.3, -0.25) is 0 Å². The highest BCUT2D eigenvalue weighted by molar-refractivity contribution is 6.31. The van der Waals surface area contributed by atoms with E-state index in [2.05, 4.69) is 395 Å². The fourth-order valence-corrected chi connectivity index (χ4v) is 19.9. The van der Waals surface area contributed by atoms with Gasteiger partial charge in [0.15, 0.2) is 0 Å². The van der Waals surface area contributed by atoms with Crippen LogP contribution >= 0.6 is 0 Å². The molecule has 1 aliphatic rings. The van der Waals surface area contributed by atoms with Crippen LogP contribution in [0.5, 0.6) is 0 Å². The quantitative estimate of drug-likeness (QED) is 0.152. The van der Waals surface area contributed by atoms with Gasteiger partial charge in [-0.1, -0.05) is 208 Å². The van der Waals surface area contributed by atoms with E-state index >= 15 is 0 Å². The maximum atomic E-state index is 7.23. The second-order valence-corrected chi connectivity index (χ2v) is 31.0. The Bertz CT molecular complexity index is 8200. The first-order valence-corrected chi connectivity index (χ1v) is 38.7. The SMILES string of the molecule is CC1(C)c2ccccc2-c2c1ccc1c2c2ccc(-c3ccc4c(c3)c3c5oc6ccc(-c7cccc(-n8c9ccccc9c9c%10c%11ccc(-c%12ccc%13c(c%12)c%12c%14oc%15ccccc%15c%14ccc%12n%13-c%12ccccc%12)cc%11n(-c%11ccccc%11)c%10ccc98)c7)cc6c5ccc3n4-c3ccccc3)cc2n1-c1ccccc1. The molecule has 0 bridgehead atoms. The van der Waals surface area contributed by atoms with E-state index in [0.29, 0.717) is 0 Å². The average molecular weight is 1430 g/mol. The van der Waals surface area contributed by atoms with Crippen LogP contribution in [0.1, 0.15) is 25.0 Å². The van der Waals surface area contributed by atoms with Crippen molar-refractivity contribution in [2.24, 2.45) is 0 Å². The van der Waals surface area contributed by atoms with Gasteiger partial charge in [0.05, 0.1) is 65.9 Å². The normalized spacial score (nSPS) is 13.0. The standard InChI is InChI=1S/C105H65N5O2/c1-105(2)83-35-18-15-33-76(83)97-84(105)47-52-88-98(97)78-43-38-66(60-93(78)108(88)70-27-11-5-12-28-70)64-41-49-87-82(59-64)102-92(107(87)69-25-9-4-10-26-69)51-46-75-80-57-65(42-55-96(80)112-104(75)102)62-22-21-31-72(56-62)110-85-36-19-16-34-77(85)99-90(110)54-53-89-100(99)79-44-39-67(61-94(79)109(89)71-29-13-6-14-30-71)63-40-48-86-81(58-63)101-91(106(86)68-23-7-3-8-24-68)50-45-74-73-32-17-20-37-95(73)111-103(74)101/h3-61H,1-2H3. The molecular formula is C105H65N5O2. The lowest BCUT2D eigenvalue weighted by Crippen LogP contribution is -2.14. The van der Waals surface area contributed by atoms with Crippen LogP contribution in [0, 0.1) is 0 Å². The Hall–Kier alpha value is -14.7. The van der Waals surface area contributed by atoms with Crippen LogP contribution in [0.15, 0.2) is 367 Å². The molecule has 0 saturated carbocycles. The van der Waals surface area contributed by atoms with E-state index in [1.165, 1.54) is 65.6 Å². The summed E-state index contributed by atoms with van der Waals surface area (Å²) in [5.41, 5.74) is 32.6. The highest BCUT2D eigenvalue weighted by Gasteiger charge is 2.38. The molecule has 7 nitrogen and oxygen atoms in total. The molecule has 0 spiro atoms. The lowest BCUT2D eigenvalue weighted by atomic mass is 9.82. The summed E-state index contributed by atoms with van der Waals surface area (Å²) < 4.78 is 26.3. The van der Waals surface area contributed by atoms with Crippen molar-refractivity contribution in [3.05, 3.63) is 369 Å². The molecule has 522 valence electrons. The molecule has 0 N–H and O–H groups in total. The zero-order valence-corrected chi connectivity index (χ0v) is 61.1. The Morgan fingerprint density at radius 3 is 1.16 bits per heavy atom. The van der Waals surface area contributed by atoms with Gasteiger partial charge in [0.2, 0.25) is 0 Å². The predicted molar refractivity (Wildman–Crippen MR) is 467 cm³/mol. The number of para-hydroxylation sites is 6. The minimum Gasteiger partial charge on any atom is -0.455 e. The van der Waals surface area contributed by atoms with E-state index < -0.39 is 0 Å². The predicted octanol–water partition coefficient (Wildman–Crippen LogP) is 28.3. The van der Waals surface area contributed by atoms with Gasteiger partial charge in [-0.25, -0.2) is 0 Å². The first-order chi connectivity index (χ1) is 55.3. The maximum absolute atomic E-state index is 7.23. The van der Waals surface area contributed by atoms with Crippen molar-refractivity contribution in [2.75, 3.05) is 0 Å². The highest BCUT2D eigenvalue weighted by atomic mass is 16.3. The molecule has 17 aromatic carbocycles. The molecule has 0 radical (unpaired) electrons. The van der Waals surface area contributed by atoms with Crippen molar-refractivity contribution in [2.45, 2.75) is 19.3 Å². The van der Waals surface area contributed by atoms with E-state index in [4.69, 9.17) is 8.83 Å². The molecule has 24 aromatic rings. The van der Waals surface area contributed by atoms with Gasteiger partial charge in [-0.2, -0.15) is 0 Å². The fourth-order valence-electron chi connectivity index (χ4n) is 19.9. The fraction of sp³-hybridized carbons (Fsp3) is 0.0286. The molecule has 1 aliphatic carbocycles. The number of benzene rings is 17. The summed E-state index contributed by atoms with van der Waals surface area (Å²) in [6.45, 7) is 4.75. The molecule has 25 rings (SSSR count). The molecule has 7 aromatic heterocycles. The van der Waals surface area contributed by atoms with Crippen LogP contribution in [0.25, 0.3) is 226 Å². The topological polar surface area (TPSA) is 50.9 Å². The van der Waals surface area contributed by atoms with Gasteiger partial charge < -0.3 is 31.7 Å². The largest absolute Gasteiger partial charge is 0.455 e. The minimum atomic E-state index is -0.118. The average Bonchev–Trinajstić information content (AvgIpc) is 1.56. The molecule has 112 heavy (non-hydrogen) atoms. The molecule has 7 heterocycles. The van der Waals surface area contributed by atoms with Gasteiger partial charge in [-0.15, -0.1) is 0 Å². The van der Waals surface area contributed by atoms with E-state index in [9.17, 15) is 0 Å². The molecule has 0 unspecified atom stereocenters. The Kier molecular flexibility index (Phi) is 12.4. The van der Waals surface area contributed by atoms with Crippen molar-refractivity contribution in [1.82, 2.24) is 22.8 Å². The van der Waals surface area contributed by atoms with Gasteiger partial charge in [0, 0.05) is 98.5 Å². The number of hydrogen-bond acceptors (Lipinski definition) is 2. The lowest BCUT2D eigenvalue weighted by molar-refractivity contribution is 0.661. The van der Waals surface area contributed by atoms with Crippen molar-refractivity contribution in [3.63, 3.8) is 0 Å². The Morgan fingerprint density at radius 1 is 0.205 bits per heavy atom. The van der Waals surface area contributed by atoms with E-state index in [0.717, 1.165) is 171 Å². The first-order valence-electron chi connectivity index (χ1n) is 38.7. The molecular weight excluding hydrogens is 1360 g/mol. The minimum absolute atomic E-state index is 0.118. The zero-order valence-electron chi connectivity index (χ0n) is 61.1. The Labute approximate surface area is 641 Å². The number of furan rings is 2. The van der Waals surface area contributed by atoms with Crippen molar-refractivity contribution in [1.29, 1.82) is 0 Å². The maximum Gasteiger partial charge on any atom is 0.145 e. The van der Waals surface area contributed by atoms with Crippen molar-refractivity contribution >= 4 is 153 Å². The number of aromatic nitrogens is 5. The smallest absolute Gasteiger partial charge is 0.145 e. The summed E-state index contributed by atoms with van der Waals surface area (Å²) >= 11 is 0. The third-order valence-corrected chi connectivity index (χ3v) is 24.8. The molecule has 0 saturated heterocycles. The van der Waals surface area contributed by atoms with E-state index in [1.807, 2.05) is 0 Å². The monoisotopic (exact) mass is 1430 g/mol. The summed E-state index contributed by atoms with van der Waals surface area (Å²) in [7, 11) is 0. The third-order valence-electron chi connectivity index (χ3n) is 24.8. The van der Waals surface area contributed by atoms with E-state index in [1.54, 1.807) is 0 Å². The number of rotatable bonds is 8. The third kappa shape index (κ3) is 8.43. The summed E-state index contributed by atoms with van der Waals surface area (Å²) in [6, 6.07) is 132. The molecule has 0 fully saturated rings. The molecule has 0 amide bonds. The second kappa shape index (κ2) is 22.7. The van der Waals surface area contributed by atoms with Gasteiger partial charge in [0.1, 0.15) is 22.3 Å². The van der Waals surface area contributed by atoms with Crippen molar-refractivity contribution in [3.8, 4) is 72.9 Å². The summed E-state index contributed by atoms with van der Waals surface area (Å²) in [5.74, 6) is 0. The van der Waals surface area contributed by atoms with Crippen LogP contribution in [0.3, 0.4) is 0 Å².